The van der Waals surface area contributed by atoms with Gasteiger partial charge in [0.1, 0.15) is 23.1 Å². The van der Waals surface area contributed by atoms with Crippen molar-refractivity contribution in [3.05, 3.63) is 65.9 Å². The molecule has 0 spiro atoms. The van der Waals surface area contributed by atoms with Gasteiger partial charge in [-0.1, -0.05) is 6.07 Å². The van der Waals surface area contributed by atoms with E-state index in [2.05, 4.69) is 16.4 Å². The summed E-state index contributed by atoms with van der Waals surface area (Å²) in [5.41, 5.74) is 5.71. The molecule has 41 heavy (non-hydrogen) atoms. The highest BCUT2D eigenvalue weighted by atomic mass is 16.5. The first-order valence-corrected chi connectivity index (χ1v) is 14.0. The second-order valence-corrected chi connectivity index (χ2v) is 10.8. The van der Waals surface area contributed by atoms with Crippen molar-refractivity contribution in [1.82, 2.24) is 9.88 Å². The summed E-state index contributed by atoms with van der Waals surface area (Å²) in [4.78, 5) is 19.5. The molecule has 8 rings (SSSR count). The third-order valence-electron chi connectivity index (χ3n) is 8.20. The van der Waals surface area contributed by atoms with Crippen LogP contribution in [0.4, 0.5) is 5.69 Å². The molecule has 2 aromatic carbocycles. The third-order valence-corrected chi connectivity index (χ3v) is 8.20. The Hall–Kier alpha value is -4.39. The number of benzene rings is 2. The van der Waals surface area contributed by atoms with E-state index in [-0.39, 0.29) is 24.2 Å². The Morgan fingerprint density at radius 2 is 1.88 bits per heavy atom. The average molecular weight is 551 g/mol. The summed E-state index contributed by atoms with van der Waals surface area (Å²) in [5, 5.41) is 13.4. The summed E-state index contributed by atoms with van der Waals surface area (Å²) in [7, 11) is 1.59. The number of hydrogen-bond donors (Lipinski definition) is 1. The zero-order valence-electron chi connectivity index (χ0n) is 22.8. The van der Waals surface area contributed by atoms with Crippen molar-refractivity contribution in [2.75, 3.05) is 38.7 Å². The standard InChI is InChI=1S/C32H30N4O5/c1-38-29-13-20(32(37)36-17-23-14-24(18-36)40-23)2-4-26(29)30-15-28-31(41-30)25(6-9-34-28)19-3-5-27(21(12-19)16-33)35-22-7-10-39-11-8-22/h2-6,9,12-13,15,22-24,35H,7-8,10-11,14,17-18H2,1H3. The van der Waals surface area contributed by atoms with E-state index in [0.717, 1.165) is 54.9 Å². The minimum Gasteiger partial charge on any atom is -0.496 e. The number of methoxy groups -OCH3 is 1. The Morgan fingerprint density at radius 1 is 1.07 bits per heavy atom. The highest BCUT2D eigenvalue weighted by molar-refractivity contribution is 5.97. The van der Waals surface area contributed by atoms with Crippen molar-refractivity contribution in [2.24, 2.45) is 0 Å². The number of morpholine rings is 1. The minimum absolute atomic E-state index is 0.0236. The molecule has 2 atom stereocenters. The predicted octanol–water partition coefficient (Wildman–Crippen LogP) is 5.25. The molecule has 4 fully saturated rings. The van der Waals surface area contributed by atoms with Crippen LogP contribution in [0.5, 0.6) is 5.75 Å². The average Bonchev–Trinajstić information content (AvgIpc) is 3.45. The Labute approximate surface area is 237 Å². The fraction of sp³-hybridized carbons (Fsp3) is 0.344. The lowest BCUT2D eigenvalue weighted by molar-refractivity contribution is -0.171. The second kappa shape index (κ2) is 10.5. The van der Waals surface area contributed by atoms with Gasteiger partial charge in [0.05, 0.1) is 36.1 Å². The zero-order chi connectivity index (χ0) is 27.9. The fourth-order valence-corrected chi connectivity index (χ4v) is 6.02. The molecule has 1 amide bonds. The lowest BCUT2D eigenvalue weighted by Crippen LogP contribution is -2.58. The molecule has 1 N–H and O–H groups in total. The number of rotatable bonds is 6. The number of nitrogens with zero attached hydrogens (tertiary/aromatic N) is 3. The van der Waals surface area contributed by atoms with Crippen LogP contribution in [0.25, 0.3) is 33.6 Å². The van der Waals surface area contributed by atoms with Crippen LogP contribution in [0.15, 0.2) is 59.1 Å². The number of piperidine rings is 1. The third kappa shape index (κ3) is 4.79. The normalized spacial score (nSPS) is 20.3. The molecule has 208 valence electrons. The predicted molar refractivity (Wildman–Crippen MR) is 153 cm³/mol. The molecule has 0 aliphatic carbocycles. The number of fused-ring (bicyclic) bond motifs is 3. The van der Waals surface area contributed by atoms with Gasteiger partial charge in [0, 0.05) is 62.2 Å². The summed E-state index contributed by atoms with van der Waals surface area (Å²) in [6, 6.07) is 17.7. The Morgan fingerprint density at radius 3 is 2.63 bits per heavy atom. The quantitative estimate of drug-likeness (QED) is 0.347. The number of pyridine rings is 1. The highest BCUT2D eigenvalue weighted by Crippen LogP contribution is 2.39. The Balaban J connectivity index is 1.18. The van der Waals surface area contributed by atoms with Crippen molar-refractivity contribution in [3.63, 3.8) is 0 Å². The lowest BCUT2D eigenvalue weighted by atomic mass is 9.97. The largest absolute Gasteiger partial charge is 0.496 e. The molecular weight excluding hydrogens is 520 g/mol. The van der Waals surface area contributed by atoms with E-state index < -0.39 is 0 Å². The van der Waals surface area contributed by atoms with E-state index in [1.54, 1.807) is 19.4 Å². The molecule has 4 aliphatic rings. The number of nitrogens with one attached hydrogen (secondary N) is 1. The number of ether oxygens (including phenoxy) is 3. The van der Waals surface area contributed by atoms with Crippen LogP contribution < -0.4 is 10.1 Å². The fourth-order valence-electron chi connectivity index (χ4n) is 6.02. The molecule has 6 heterocycles. The number of carbonyl (C=O) groups excluding carboxylic acids is 1. The van der Waals surface area contributed by atoms with Crippen LogP contribution in [0.1, 0.15) is 35.2 Å². The van der Waals surface area contributed by atoms with Gasteiger partial charge in [-0.25, -0.2) is 0 Å². The molecule has 4 aromatic rings. The molecular formula is C32H30N4O5. The molecule has 2 bridgehead atoms. The van der Waals surface area contributed by atoms with Gasteiger partial charge in [-0.05, 0) is 54.8 Å². The first kappa shape index (κ1) is 25.6. The first-order valence-electron chi connectivity index (χ1n) is 14.0. The Bertz CT molecular complexity index is 1650. The molecule has 2 aromatic heterocycles. The lowest BCUT2D eigenvalue weighted by Gasteiger charge is -2.47. The van der Waals surface area contributed by atoms with Crippen LogP contribution in [0.2, 0.25) is 0 Å². The summed E-state index contributed by atoms with van der Waals surface area (Å²) in [6.45, 7) is 2.70. The molecule has 9 nitrogen and oxygen atoms in total. The van der Waals surface area contributed by atoms with Crippen LogP contribution in [-0.4, -0.2) is 67.5 Å². The van der Waals surface area contributed by atoms with Crippen LogP contribution in [0.3, 0.4) is 0 Å². The number of amides is 1. The minimum atomic E-state index is -0.0236. The summed E-state index contributed by atoms with van der Waals surface area (Å²) in [6.07, 6.45) is 4.91. The van der Waals surface area contributed by atoms with Crippen molar-refractivity contribution >= 4 is 22.7 Å². The van der Waals surface area contributed by atoms with Gasteiger partial charge >= 0.3 is 0 Å². The van der Waals surface area contributed by atoms with Crippen LogP contribution in [-0.2, 0) is 9.47 Å². The van der Waals surface area contributed by atoms with Crippen molar-refractivity contribution in [1.29, 1.82) is 5.26 Å². The number of hydrogen-bond acceptors (Lipinski definition) is 8. The van der Waals surface area contributed by atoms with Gasteiger partial charge in [-0.3, -0.25) is 9.78 Å². The number of nitriles is 1. The smallest absolute Gasteiger partial charge is 0.254 e. The maximum atomic E-state index is 13.2. The van der Waals surface area contributed by atoms with Crippen LogP contribution in [0, 0.1) is 11.3 Å². The van der Waals surface area contributed by atoms with Crippen molar-refractivity contribution in [2.45, 2.75) is 37.5 Å². The second-order valence-electron chi connectivity index (χ2n) is 10.8. The maximum absolute atomic E-state index is 13.2. The number of furan rings is 1. The van der Waals surface area contributed by atoms with E-state index in [1.807, 2.05) is 47.4 Å². The van der Waals surface area contributed by atoms with Crippen molar-refractivity contribution < 1.29 is 23.4 Å². The van der Waals surface area contributed by atoms with Crippen LogP contribution >= 0.6 is 0 Å². The summed E-state index contributed by atoms with van der Waals surface area (Å²) < 4.78 is 23.2. The maximum Gasteiger partial charge on any atom is 0.254 e. The topological polar surface area (TPSA) is 110 Å². The van der Waals surface area contributed by atoms with Gasteiger partial charge < -0.3 is 28.8 Å². The van der Waals surface area contributed by atoms with Gasteiger partial charge in [0.2, 0.25) is 0 Å². The molecule has 9 heteroatoms. The van der Waals surface area contributed by atoms with Gasteiger partial charge in [0.15, 0.2) is 5.58 Å². The first-order chi connectivity index (χ1) is 20.1. The van der Waals surface area contributed by atoms with Gasteiger partial charge in [0.25, 0.3) is 5.91 Å². The van der Waals surface area contributed by atoms with E-state index in [4.69, 9.17) is 18.6 Å². The van der Waals surface area contributed by atoms with Gasteiger partial charge in [-0.2, -0.15) is 5.26 Å². The monoisotopic (exact) mass is 550 g/mol. The number of carbonyl (C=O) groups is 1. The molecule has 0 saturated carbocycles. The van der Waals surface area contributed by atoms with E-state index in [1.165, 1.54) is 0 Å². The molecule has 4 saturated heterocycles. The summed E-state index contributed by atoms with van der Waals surface area (Å²) >= 11 is 0. The Kier molecular flexibility index (Phi) is 6.57. The van der Waals surface area contributed by atoms with Gasteiger partial charge in [-0.15, -0.1) is 0 Å². The van der Waals surface area contributed by atoms with E-state index >= 15 is 0 Å². The molecule has 0 radical (unpaired) electrons. The van der Waals surface area contributed by atoms with Crippen molar-refractivity contribution in [3.8, 4) is 34.3 Å². The zero-order valence-corrected chi connectivity index (χ0v) is 22.8. The highest BCUT2D eigenvalue weighted by Gasteiger charge is 2.40. The van der Waals surface area contributed by atoms with E-state index in [9.17, 15) is 10.1 Å². The summed E-state index contributed by atoms with van der Waals surface area (Å²) in [5.74, 6) is 1.11. The SMILES string of the molecule is COc1cc(C(=O)N2CC3CC(C2)O3)ccc1-c1cc2nccc(-c3ccc(NC4CCOCC4)c(C#N)c3)c2o1. The van der Waals surface area contributed by atoms with E-state index in [0.29, 0.717) is 46.8 Å². The molecule has 4 aliphatic heterocycles. The number of aromatic nitrogens is 1. The molecule has 2 unspecified atom stereocenters. The number of anilines is 1.